The van der Waals surface area contributed by atoms with E-state index in [-0.39, 0.29) is 12.6 Å². The predicted molar refractivity (Wildman–Crippen MR) is 53.8 cm³/mol. The average Bonchev–Trinajstić information content (AvgIpc) is 2.62. The fraction of sp³-hybridized carbons (Fsp3) is 0.889. The Kier molecular flexibility index (Phi) is 4.72. The van der Waals surface area contributed by atoms with E-state index in [9.17, 15) is 18.0 Å². The fourth-order valence-corrected chi connectivity index (χ4v) is 1.84. The molecule has 0 aromatic carbocycles. The van der Waals surface area contributed by atoms with Crippen LogP contribution in [-0.4, -0.2) is 49.3 Å². The molecule has 0 saturated carbocycles. The molecule has 0 aromatic rings. The molecule has 1 saturated heterocycles. The number of carbonyl (C=O) groups excluding carboxylic acids is 1. The molecule has 8 heteroatoms. The van der Waals surface area contributed by atoms with Crippen LogP contribution >= 0.6 is 0 Å². The standard InChI is InChI=1S/C9H16F3N3O2/c1-15(5-9(10,11)12)4-6-2-3-7(17-6)8(16)14-13/h6-7H,2-5,13H2,1H3,(H,14,16). The van der Waals surface area contributed by atoms with Crippen LogP contribution in [0.15, 0.2) is 0 Å². The van der Waals surface area contributed by atoms with Crippen LogP contribution in [0.2, 0.25) is 0 Å². The van der Waals surface area contributed by atoms with Gasteiger partial charge in [-0.05, 0) is 19.9 Å². The molecule has 1 amide bonds. The maximum Gasteiger partial charge on any atom is 0.401 e. The van der Waals surface area contributed by atoms with Crippen molar-refractivity contribution in [1.82, 2.24) is 10.3 Å². The quantitative estimate of drug-likeness (QED) is 0.422. The van der Waals surface area contributed by atoms with Crippen LogP contribution in [0, 0.1) is 0 Å². The largest absolute Gasteiger partial charge is 0.401 e. The van der Waals surface area contributed by atoms with Crippen molar-refractivity contribution in [2.75, 3.05) is 20.1 Å². The van der Waals surface area contributed by atoms with Crippen LogP contribution in [0.3, 0.4) is 0 Å². The van der Waals surface area contributed by atoms with E-state index < -0.39 is 24.7 Å². The molecule has 0 aliphatic carbocycles. The van der Waals surface area contributed by atoms with E-state index in [4.69, 9.17) is 10.6 Å². The van der Waals surface area contributed by atoms with Gasteiger partial charge in [-0.25, -0.2) is 5.84 Å². The van der Waals surface area contributed by atoms with Crippen molar-refractivity contribution < 1.29 is 22.7 Å². The number of likely N-dealkylation sites (N-methyl/N-ethyl adjacent to an activating group) is 1. The van der Waals surface area contributed by atoms with Gasteiger partial charge in [0.25, 0.3) is 5.91 Å². The molecule has 0 bridgehead atoms. The third-order valence-electron chi connectivity index (χ3n) is 2.51. The summed E-state index contributed by atoms with van der Waals surface area (Å²) in [6.07, 6.45) is -4.19. The van der Waals surface area contributed by atoms with Crippen LogP contribution in [-0.2, 0) is 9.53 Å². The Balaban J connectivity index is 2.32. The van der Waals surface area contributed by atoms with Crippen molar-refractivity contribution in [2.24, 2.45) is 5.84 Å². The third kappa shape index (κ3) is 4.88. The monoisotopic (exact) mass is 255 g/mol. The Morgan fingerprint density at radius 3 is 2.71 bits per heavy atom. The molecular formula is C9H16F3N3O2. The molecular weight excluding hydrogens is 239 g/mol. The number of halogens is 3. The summed E-state index contributed by atoms with van der Waals surface area (Å²) in [6, 6.07) is 0. The summed E-state index contributed by atoms with van der Waals surface area (Å²) < 4.78 is 41.5. The van der Waals surface area contributed by atoms with Gasteiger partial charge in [0.2, 0.25) is 0 Å². The zero-order valence-corrected chi connectivity index (χ0v) is 9.46. The van der Waals surface area contributed by atoms with Gasteiger partial charge in [-0.3, -0.25) is 15.1 Å². The van der Waals surface area contributed by atoms with Gasteiger partial charge in [-0.15, -0.1) is 0 Å². The van der Waals surface area contributed by atoms with Crippen LogP contribution < -0.4 is 11.3 Å². The van der Waals surface area contributed by atoms with Crippen molar-refractivity contribution in [3.05, 3.63) is 0 Å². The Morgan fingerprint density at radius 2 is 2.18 bits per heavy atom. The van der Waals surface area contributed by atoms with E-state index in [1.54, 1.807) is 0 Å². The number of hydrazine groups is 1. The highest BCUT2D eigenvalue weighted by molar-refractivity contribution is 5.80. The topological polar surface area (TPSA) is 67.6 Å². The number of rotatable bonds is 4. The first-order valence-corrected chi connectivity index (χ1v) is 5.23. The second-order valence-corrected chi connectivity index (χ2v) is 4.14. The lowest BCUT2D eigenvalue weighted by molar-refractivity contribution is -0.147. The number of ether oxygens (including phenoxy) is 1. The number of nitrogens with zero attached hydrogens (tertiary/aromatic N) is 1. The van der Waals surface area contributed by atoms with Gasteiger partial charge in [-0.2, -0.15) is 13.2 Å². The summed E-state index contributed by atoms with van der Waals surface area (Å²) in [4.78, 5) is 12.3. The highest BCUT2D eigenvalue weighted by Gasteiger charge is 2.34. The highest BCUT2D eigenvalue weighted by atomic mass is 19.4. The molecule has 1 aliphatic rings. The van der Waals surface area contributed by atoms with Crippen molar-refractivity contribution in [2.45, 2.75) is 31.2 Å². The van der Waals surface area contributed by atoms with E-state index in [1.165, 1.54) is 7.05 Å². The molecule has 3 N–H and O–H groups in total. The van der Waals surface area contributed by atoms with E-state index in [1.807, 2.05) is 5.43 Å². The lowest BCUT2D eigenvalue weighted by atomic mass is 10.2. The molecule has 17 heavy (non-hydrogen) atoms. The molecule has 0 radical (unpaired) electrons. The first kappa shape index (κ1) is 14.2. The SMILES string of the molecule is CN(CC1CCC(C(=O)NN)O1)CC(F)(F)F. The number of hydrogen-bond acceptors (Lipinski definition) is 4. The van der Waals surface area contributed by atoms with Crippen molar-refractivity contribution >= 4 is 5.91 Å². The minimum atomic E-state index is -4.22. The van der Waals surface area contributed by atoms with Gasteiger partial charge in [0.15, 0.2) is 0 Å². The summed E-state index contributed by atoms with van der Waals surface area (Å²) in [5, 5.41) is 0. The van der Waals surface area contributed by atoms with E-state index >= 15 is 0 Å². The molecule has 0 spiro atoms. The number of carbonyl (C=O) groups is 1. The van der Waals surface area contributed by atoms with E-state index in [0.717, 1.165) is 4.90 Å². The van der Waals surface area contributed by atoms with Gasteiger partial charge in [0.05, 0.1) is 12.6 Å². The van der Waals surface area contributed by atoms with Crippen molar-refractivity contribution in [1.29, 1.82) is 0 Å². The number of nitrogens with one attached hydrogen (secondary N) is 1. The summed E-state index contributed by atoms with van der Waals surface area (Å²) in [7, 11) is 1.37. The van der Waals surface area contributed by atoms with Gasteiger partial charge in [0.1, 0.15) is 6.10 Å². The van der Waals surface area contributed by atoms with Crippen LogP contribution in [0.4, 0.5) is 13.2 Å². The number of alkyl halides is 3. The second kappa shape index (κ2) is 5.65. The summed E-state index contributed by atoms with van der Waals surface area (Å²) in [6.45, 7) is -0.839. The van der Waals surface area contributed by atoms with Crippen LogP contribution in [0.25, 0.3) is 0 Å². The van der Waals surface area contributed by atoms with Gasteiger partial charge < -0.3 is 4.74 Å². The Morgan fingerprint density at radius 1 is 1.53 bits per heavy atom. The maximum atomic E-state index is 12.1. The highest BCUT2D eigenvalue weighted by Crippen LogP contribution is 2.22. The van der Waals surface area contributed by atoms with Gasteiger partial charge in [-0.1, -0.05) is 0 Å². The summed E-state index contributed by atoms with van der Waals surface area (Å²) in [5.74, 6) is 4.50. The zero-order chi connectivity index (χ0) is 13.1. The molecule has 2 atom stereocenters. The van der Waals surface area contributed by atoms with Crippen LogP contribution in [0.5, 0.6) is 0 Å². The normalized spacial score (nSPS) is 25.3. The Bertz CT molecular complexity index is 273. The Hall–Kier alpha value is -0.860. The lowest BCUT2D eigenvalue weighted by Crippen LogP contribution is -2.40. The van der Waals surface area contributed by atoms with Crippen molar-refractivity contribution in [3.8, 4) is 0 Å². The van der Waals surface area contributed by atoms with E-state index in [2.05, 4.69) is 0 Å². The minimum absolute atomic E-state index is 0.147. The molecule has 0 aromatic heterocycles. The lowest BCUT2D eigenvalue weighted by Gasteiger charge is -2.22. The smallest absolute Gasteiger partial charge is 0.364 e. The zero-order valence-electron chi connectivity index (χ0n) is 9.46. The van der Waals surface area contributed by atoms with Gasteiger partial charge >= 0.3 is 6.18 Å². The molecule has 1 aliphatic heterocycles. The molecule has 1 fully saturated rings. The first-order valence-electron chi connectivity index (χ1n) is 5.23. The van der Waals surface area contributed by atoms with Gasteiger partial charge in [0, 0.05) is 6.54 Å². The van der Waals surface area contributed by atoms with E-state index in [0.29, 0.717) is 12.8 Å². The molecule has 5 nitrogen and oxygen atoms in total. The number of hydrogen-bond donors (Lipinski definition) is 2. The molecule has 1 rings (SSSR count). The second-order valence-electron chi connectivity index (χ2n) is 4.14. The number of amides is 1. The molecule has 1 heterocycles. The molecule has 100 valence electrons. The Labute approximate surface area is 97.0 Å². The van der Waals surface area contributed by atoms with Crippen molar-refractivity contribution in [3.63, 3.8) is 0 Å². The number of nitrogens with two attached hydrogens (primary N) is 1. The minimum Gasteiger partial charge on any atom is -0.364 e. The van der Waals surface area contributed by atoms with Crippen LogP contribution in [0.1, 0.15) is 12.8 Å². The predicted octanol–water partition coefficient (Wildman–Crippen LogP) is 0.0180. The maximum absolute atomic E-state index is 12.1. The third-order valence-corrected chi connectivity index (χ3v) is 2.51. The fourth-order valence-electron chi connectivity index (χ4n) is 1.84. The molecule has 2 unspecified atom stereocenters. The average molecular weight is 255 g/mol. The summed E-state index contributed by atoms with van der Waals surface area (Å²) >= 11 is 0. The first-order chi connectivity index (χ1) is 7.81. The summed E-state index contributed by atoms with van der Waals surface area (Å²) in [5.41, 5.74) is 1.96.